The first-order chi connectivity index (χ1) is 9.31. The van der Waals surface area contributed by atoms with Gasteiger partial charge in [0.05, 0.1) is 0 Å². The summed E-state index contributed by atoms with van der Waals surface area (Å²) in [4.78, 5) is 14.1. The first-order valence-corrected chi connectivity index (χ1v) is 6.94. The molecule has 2 rings (SSSR count). The highest BCUT2D eigenvalue weighted by Gasteiger charge is 2.22. The van der Waals surface area contributed by atoms with Crippen LogP contribution in [0, 0.1) is 0 Å². The largest absolute Gasteiger partial charge is 0.331 e. The van der Waals surface area contributed by atoms with Crippen molar-refractivity contribution < 1.29 is 4.79 Å². The highest BCUT2D eigenvalue weighted by atomic mass is 16.2. The fourth-order valence-corrected chi connectivity index (χ4v) is 2.35. The predicted molar refractivity (Wildman–Crippen MR) is 78.6 cm³/mol. The summed E-state index contributed by atoms with van der Waals surface area (Å²) >= 11 is 0. The molecule has 0 atom stereocenters. The molecule has 1 aromatic carbocycles. The maximum Gasteiger partial charge on any atom is 0.250 e. The molecule has 0 radical (unpaired) electrons. The number of carbonyl (C=O) groups is 1. The second-order valence-electron chi connectivity index (χ2n) is 4.94. The summed E-state index contributed by atoms with van der Waals surface area (Å²) in [6.07, 6.45) is 8.15. The molecule has 1 amide bonds. The van der Waals surface area contributed by atoms with Gasteiger partial charge in [0.25, 0.3) is 0 Å². The van der Waals surface area contributed by atoms with Crippen molar-refractivity contribution in [3.8, 4) is 0 Å². The lowest BCUT2D eigenvalue weighted by Gasteiger charge is -2.16. The minimum atomic E-state index is 0.211. The first kappa shape index (κ1) is 13.6. The molecule has 19 heavy (non-hydrogen) atoms. The van der Waals surface area contributed by atoms with Gasteiger partial charge in [-0.15, -0.1) is 6.58 Å². The SMILES string of the molecule is C=CCCCCC1=CCN(Cc2ccccc2)C1=O. The van der Waals surface area contributed by atoms with Crippen LogP contribution in [-0.2, 0) is 11.3 Å². The molecule has 0 saturated heterocycles. The third-order valence-electron chi connectivity index (χ3n) is 3.44. The third-order valence-corrected chi connectivity index (χ3v) is 3.44. The van der Waals surface area contributed by atoms with E-state index < -0.39 is 0 Å². The van der Waals surface area contributed by atoms with Crippen molar-refractivity contribution in [2.45, 2.75) is 32.2 Å². The van der Waals surface area contributed by atoms with Crippen molar-refractivity contribution >= 4 is 5.91 Å². The fraction of sp³-hybridized carbons (Fsp3) is 0.353. The van der Waals surface area contributed by atoms with Crippen molar-refractivity contribution in [2.75, 3.05) is 6.54 Å². The molecule has 0 aliphatic carbocycles. The van der Waals surface area contributed by atoms with Gasteiger partial charge >= 0.3 is 0 Å². The zero-order chi connectivity index (χ0) is 13.5. The average Bonchev–Trinajstić information content (AvgIpc) is 2.78. The Morgan fingerprint density at radius 1 is 1.21 bits per heavy atom. The molecular weight excluding hydrogens is 234 g/mol. The van der Waals surface area contributed by atoms with E-state index in [1.54, 1.807) is 0 Å². The van der Waals surface area contributed by atoms with Crippen LogP contribution in [0.25, 0.3) is 0 Å². The quantitative estimate of drug-likeness (QED) is 0.537. The standard InChI is InChI=1S/C17H21NO/c1-2-3-4-8-11-16-12-13-18(17(16)19)14-15-9-6-5-7-10-15/h2,5-7,9-10,12H,1,3-4,8,11,13-14H2. The van der Waals surface area contributed by atoms with E-state index in [1.807, 2.05) is 29.2 Å². The van der Waals surface area contributed by atoms with Crippen LogP contribution in [0.2, 0.25) is 0 Å². The zero-order valence-electron chi connectivity index (χ0n) is 11.3. The molecule has 1 heterocycles. The van der Waals surface area contributed by atoms with Crippen molar-refractivity contribution in [1.82, 2.24) is 4.90 Å². The summed E-state index contributed by atoms with van der Waals surface area (Å²) in [5.41, 5.74) is 2.18. The van der Waals surface area contributed by atoms with Gasteiger partial charge < -0.3 is 4.90 Å². The van der Waals surface area contributed by atoms with Gasteiger partial charge in [-0.3, -0.25) is 4.79 Å². The normalized spacial score (nSPS) is 14.6. The molecule has 2 heteroatoms. The second-order valence-corrected chi connectivity index (χ2v) is 4.94. The Balaban J connectivity index is 1.81. The Morgan fingerprint density at radius 3 is 2.74 bits per heavy atom. The van der Waals surface area contributed by atoms with E-state index in [-0.39, 0.29) is 5.91 Å². The minimum Gasteiger partial charge on any atom is -0.331 e. The summed E-state index contributed by atoms with van der Waals surface area (Å²) in [5, 5.41) is 0. The van der Waals surface area contributed by atoms with Crippen molar-refractivity contribution in [1.29, 1.82) is 0 Å². The molecule has 1 aliphatic rings. The first-order valence-electron chi connectivity index (χ1n) is 6.94. The van der Waals surface area contributed by atoms with Crippen LogP contribution in [0.15, 0.2) is 54.6 Å². The molecule has 0 fully saturated rings. The molecule has 0 bridgehead atoms. The van der Waals surface area contributed by atoms with Crippen LogP contribution in [0.4, 0.5) is 0 Å². The lowest BCUT2D eigenvalue weighted by atomic mass is 10.1. The van der Waals surface area contributed by atoms with E-state index in [9.17, 15) is 4.79 Å². The number of hydrogen-bond donors (Lipinski definition) is 0. The molecule has 0 aromatic heterocycles. The molecule has 0 saturated carbocycles. The van der Waals surface area contributed by atoms with Gasteiger partial charge in [0, 0.05) is 18.7 Å². The smallest absolute Gasteiger partial charge is 0.250 e. The van der Waals surface area contributed by atoms with Crippen molar-refractivity contribution in [2.24, 2.45) is 0 Å². The van der Waals surface area contributed by atoms with Crippen LogP contribution < -0.4 is 0 Å². The van der Waals surface area contributed by atoms with Gasteiger partial charge in [-0.2, -0.15) is 0 Å². The van der Waals surface area contributed by atoms with E-state index in [1.165, 1.54) is 5.56 Å². The fourth-order valence-electron chi connectivity index (χ4n) is 2.35. The lowest BCUT2D eigenvalue weighted by Crippen LogP contribution is -2.26. The van der Waals surface area contributed by atoms with Gasteiger partial charge in [-0.1, -0.05) is 42.5 Å². The van der Waals surface area contributed by atoms with Crippen molar-refractivity contribution in [3.05, 3.63) is 60.2 Å². The summed E-state index contributed by atoms with van der Waals surface area (Å²) in [7, 11) is 0. The molecule has 0 N–H and O–H groups in total. The number of benzene rings is 1. The van der Waals surface area contributed by atoms with E-state index >= 15 is 0 Å². The number of allylic oxidation sites excluding steroid dienone is 1. The summed E-state index contributed by atoms with van der Waals surface area (Å²) in [6.45, 7) is 5.18. The van der Waals surface area contributed by atoms with Crippen LogP contribution in [0.1, 0.15) is 31.2 Å². The van der Waals surface area contributed by atoms with Crippen LogP contribution >= 0.6 is 0 Å². The highest BCUT2D eigenvalue weighted by Crippen LogP contribution is 2.19. The molecule has 0 spiro atoms. The molecule has 1 aliphatic heterocycles. The molecule has 100 valence electrons. The summed E-state index contributed by atoms with van der Waals surface area (Å²) in [5.74, 6) is 0.211. The lowest BCUT2D eigenvalue weighted by molar-refractivity contribution is -0.126. The number of amides is 1. The van der Waals surface area contributed by atoms with Gasteiger partial charge in [0.15, 0.2) is 0 Å². The second kappa shape index (κ2) is 6.93. The van der Waals surface area contributed by atoms with Crippen molar-refractivity contribution in [3.63, 3.8) is 0 Å². The summed E-state index contributed by atoms with van der Waals surface area (Å²) < 4.78 is 0. The highest BCUT2D eigenvalue weighted by molar-refractivity contribution is 5.95. The minimum absolute atomic E-state index is 0.211. The van der Waals surface area contributed by atoms with E-state index in [0.29, 0.717) is 6.54 Å². The van der Waals surface area contributed by atoms with Gasteiger partial charge in [-0.05, 0) is 31.2 Å². The molecule has 2 nitrogen and oxygen atoms in total. The van der Waals surface area contributed by atoms with Gasteiger partial charge in [0.2, 0.25) is 5.91 Å². The maximum absolute atomic E-state index is 12.2. The van der Waals surface area contributed by atoms with Crippen LogP contribution in [-0.4, -0.2) is 17.4 Å². The third kappa shape index (κ3) is 3.82. The molecule has 0 unspecified atom stereocenters. The monoisotopic (exact) mass is 255 g/mol. The molecule has 1 aromatic rings. The molecular formula is C17H21NO. The number of carbonyl (C=O) groups excluding carboxylic acids is 1. The number of hydrogen-bond acceptors (Lipinski definition) is 1. The van der Waals surface area contributed by atoms with E-state index in [2.05, 4.69) is 24.8 Å². The number of nitrogens with zero attached hydrogens (tertiary/aromatic N) is 1. The number of rotatable bonds is 7. The topological polar surface area (TPSA) is 20.3 Å². The van der Waals surface area contributed by atoms with Gasteiger partial charge in [0.1, 0.15) is 0 Å². The zero-order valence-corrected chi connectivity index (χ0v) is 11.3. The van der Waals surface area contributed by atoms with Gasteiger partial charge in [-0.25, -0.2) is 0 Å². The Bertz CT molecular complexity index is 461. The predicted octanol–water partition coefficient (Wildman–Crippen LogP) is 3.70. The Kier molecular flexibility index (Phi) is 4.96. The Hall–Kier alpha value is -1.83. The number of unbranched alkanes of at least 4 members (excludes halogenated alkanes) is 2. The van der Waals surface area contributed by atoms with Crippen LogP contribution in [0.5, 0.6) is 0 Å². The Labute approximate surface area is 115 Å². The van der Waals surface area contributed by atoms with E-state index in [0.717, 1.165) is 37.8 Å². The Morgan fingerprint density at radius 2 is 2.00 bits per heavy atom. The average molecular weight is 255 g/mol. The maximum atomic E-state index is 12.2. The summed E-state index contributed by atoms with van der Waals surface area (Å²) in [6, 6.07) is 10.2. The van der Waals surface area contributed by atoms with Crippen LogP contribution in [0.3, 0.4) is 0 Å². The van der Waals surface area contributed by atoms with E-state index in [4.69, 9.17) is 0 Å².